The number of nitrogens with one attached hydrogen (secondary N) is 9. The van der Waals surface area contributed by atoms with Crippen molar-refractivity contribution in [1.82, 2.24) is 52.8 Å². The molecular formula is C55H73N11O21. The van der Waals surface area contributed by atoms with Crippen LogP contribution in [0.15, 0.2) is 66.7 Å². The molecule has 17 N–H and O–H groups in total. The van der Waals surface area contributed by atoms with Crippen molar-refractivity contribution in [3.05, 3.63) is 77.9 Å². The van der Waals surface area contributed by atoms with Gasteiger partial charge >= 0.3 is 29.8 Å². The van der Waals surface area contributed by atoms with E-state index in [1.807, 2.05) is 0 Å². The first-order valence-corrected chi connectivity index (χ1v) is 27.3. The lowest BCUT2D eigenvalue weighted by Crippen LogP contribution is -2.61. The molecule has 2 aromatic carbocycles. The Morgan fingerprint density at radius 2 is 0.977 bits per heavy atom. The summed E-state index contributed by atoms with van der Waals surface area (Å²) < 4.78 is 0. The zero-order valence-electron chi connectivity index (χ0n) is 47.6. The molecule has 3 rings (SSSR count). The number of hydrogen-bond acceptors (Lipinski definition) is 17. The molecule has 0 fully saturated rings. The molecular weight excluding hydrogens is 1150 g/mol. The highest BCUT2D eigenvalue weighted by Crippen LogP contribution is 2.19. The number of rotatable bonds is 37. The lowest BCUT2D eigenvalue weighted by molar-refractivity contribution is -0.143. The molecule has 1 aliphatic rings. The Morgan fingerprint density at radius 1 is 0.540 bits per heavy atom. The largest absolute Gasteiger partial charge is 0.508 e. The van der Waals surface area contributed by atoms with Crippen molar-refractivity contribution < 1.29 is 103 Å². The van der Waals surface area contributed by atoms with E-state index in [-0.39, 0.29) is 31.6 Å². The topological polar surface area (TPSA) is 515 Å². The summed E-state index contributed by atoms with van der Waals surface area (Å²) in [5, 5.41) is 78.1. The van der Waals surface area contributed by atoms with Gasteiger partial charge in [-0.3, -0.25) is 71.9 Å². The molecule has 0 radical (unpaired) electrons. The maximum atomic E-state index is 14.4. The molecule has 10 amide bonds. The van der Waals surface area contributed by atoms with Crippen LogP contribution in [0.4, 0.5) is 0 Å². The number of phenols is 1. The normalized spacial score (nSPS) is 15.5. The average molecular weight is 1220 g/mol. The van der Waals surface area contributed by atoms with E-state index < -0.39 is 207 Å². The Morgan fingerprint density at radius 3 is 1.45 bits per heavy atom. The number of carboxylic acid groups (broad SMARTS) is 5. The fourth-order valence-corrected chi connectivity index (χ4v) is 8.46. The van der Waals surface area contributed by atoms with Crippen LogP contribution < -0.4 is 53.6 Å². The van der Waals surface area contributed by atoms with Crippen molar-refractivity contribution in [2.45, 2.75) is 139 Å². The van der Waals surface area contributed by atoms with E-state index in [4.69, 9.17) is 5.73 Å². The molecule has 0 unspecified atom stereocenters. The molecule has 87 heavy (non-hydrogen) atoms. The van der Waals surface area contributed by atoms with E-state index in [9.17, 15) is 103 Å². The van der Waals surface area contributed by atoms with E-state index in [2.05, 4.69) is 47.9 Å². The van der Waals surface area contributed by atoms with Crippen molar-refractivity contribution in [3.63, 3.8) is 0 Å². The lowest BCUT2D eigenvalue weighted by atomic mass is 9.96. The molecule has 2 aromatic rings. The van der Waals surface area contributed by atoms with Gasteiger partial charge in [0.15, 0.2) is 0 Å². The molecule has 474 valence electrons. The predicted molar refractivity (Wildman–Crippen MR) is 300 cm³/mol. The maximum absolute atomic E-state index is 14.4. The molecule has 1 aliphatic heterocycles. The van der Waals surface area contributed by atoms with Gasteiger partial charge in [0.25, 0.3) is 0 Å². The minimum Gasteiger partial charge on any atom is -0.508 e. The summed E-state index contributed by atoms with van der Waals surface area (Å²) >= 11 is 0. The minimum absolute atomic E-state index is 0.123. The molecule has 0 aliphatic carbocycles. The van der Waals surface area contributed by atoms with Crippen LogP contribution in [0, 0.1) is 5.92 Å². The van der Waals surface area contributed by atoms with E-state index in [1.165, 1.54) is 36.4 Å². The highest BCUT2D eigenvalue weighted by molar-refractivity contribution is 6.00. The second-order valence-electron chi connectivity index (χ2n) is 20.2. The summed E-state index contributed by atoms with van der Waals surface area (Å²) in [6.07, 6.45) is -2.63. The van der Waals surface area contributed by atoms with E-state index in [1.54, 1.807) is 44.2 Å². The van der Waals surface area contributed by atoms with Crippen LogP contribution >= 0.6 is 0 Å². The highest BCUT2D eigenvalue weighted by atomic mass is 16.4. The summed E-state index contributed by atoms with van der Waals surface area (Å²) in [5.74, 6) is -18.5. The fraction of sp³-hybridized carbons (Fsp3) is 0.473. The maximum Gasteiger partial charge on any atom is 0.325 e. The second-order valence-corrected chi connectivity index (χ2v) is 20.2. The van der Waals surface area contributed by atoms with E-state index in [0.29, 0.717) is 11.1 Å². The standard InChI is InChI=1S/C55H73N11O21/c1-4-28(2)46(54(85)66-22-8-11-39(66)53(84)57-27-41(69)59-33(16-19-42(70)71)47(78)63-36(50(81)58-29(3)55(86)87)24-31-12-14-32(67)15-13-31)65-49(80)35(18-21-44(74)75)61-48(79)34(17-20-43(72)73)62-51(82)37(23-30-9-6-5-7-10-30)64-52(83)38(25-45(76)77)60-40(68)26-56/h5-15,28-29,33-39,46,67H,4,16-27,56H2,1-3H3,(H,57,84)(H,58,81)(H,59,69)(H,60,68)(H,61,79)(H,62,82)(H,63,78)(H,64,83)(H,65,80)(H,70,71)(H,72,73)(H,74,75)(H,76,77)(H,86,87)/t28-,29-,33-,34-,35-,36-,37-,38-,39-,46-/m0/s1. The number of carbonyl (C=O) groups excluding carboxylic acids is 10. The Balaban J connectivity index is 1.84. The summed E-state index contributed by atoms with van der Waals surface area (Å²) in [6.45, 7) is 2.62. The third kappa shape index (κ3) is 24.6. The van der Waals surface area contributed by atoms with E-state index in [0.717, 1.165) is 11.8 Å². The Kier molecular flexibility index (Phi) is 28.9. The zero-order valence-corrected chi connectivity index (χ0v) is 47.6. The summed E-state index contributed by atoms with van der Waals surface area (Å²) in [6, 6.07) is -1.15. The molecule has 0 saturated heterocycles. The molecule has 0 saturated carbocycles. The molecule has 0 bridgehead atoms. The summed E-state index contributed by atoms with van der Waals surface area (Å²) in [4.78, 5) is 196. The van der Waals surface area contributed by atoms with Crippen LogP contribution in [0.5, 0.6) is 5.75 Å². The van der Waals surface area contributed by atoms with Crippen molar-refractivity contribution >= 4 is 88.9 Å². The van der Waals surface area contributed by atoms with Gasteiger partial charge in [0, 0.05) is 38.6 Å². The smallest absolute Gasteiger partial charge is 0.325 e. The number of nitrogens with zero attached hydrogens (tertiary/aromatic N) is 1. The van der Waals surface area contributed by atoms with Gasteiger partial charge in [-0.15, -0.1) is 0 Å². The van der Waals surface area contributed by atoms with Gasteiger partial charge < -0.3 is 89.1 Å². The number of aromatic hydroxyl groups is 1. The van der Waals surface area contributed by atoms with Crippen LogP contribution in [0.2, 0.25) is 0 Å². The van der Waals surface area contributed by atoms with Gasteiger partial charge in [-0.2, -0.15) is 0 Å². The van der Waals surface area contributed by atoms with Crippen LogP contribution in [0.3, 0.4) is 0 Å². The minimum atomic E-state index is -1.82. The highest BCUT2D eigenvalue weighted by Gasteiger charge is 2.40. The number of nitrogens with two attached hydrogens (primary N) is 1. The van der Waals surface area contributed by atoms with Gasteiger partial charge in [-0.25, -0.2) is 0 Å². The Labute approximate surface area is 497 Å². The van der Waals surface area contributed by atoms with Crippen molar-refractivity contribution in [1.29, 1.82) is 0 Å². The molecule has 0 spiro atoms. The Bertz CT molecular complexity index is 2870. The molecule has 10 atom stereocenters. The van der Waals surface area contributed by atoms with Gasteiger partial charge in [0.1, 0.15) is 60.1 Å². The average Bonchev–Trinajstić information content (AvgIpc) is 2.99. The van der Waals surface area contributed by atoms with Crippen molar-refractivity contribution in [2.75, 3.05) is 19.6 Å². The third-order valence-electron chi connectivity index (χ3n) is 13.4. The zero-order chi connectivity index (χ0) is 65.1. The van der Waals surface area contributed by atoms with Crippen molar-refractivity contribution in [2.24, 2.45) is 11.7 Å². The van der Waals surface area contributed by atoms with Crippen LogP contribution in [-0.2, 0) is 84.8 Å². The number of aliphatic carboxylic acids is 5. The summed E-state index contributed by atoms with van der Waals surface area (Å²) in [7, 11) is 0. The van der Waals surface area contributed by atoms with Gasteiger partial charge in [-0.1, -0.05) is 74.9 Å². The second kappa shape index (κ2) is 35.3. The molecule has 32 heteroatoms. The van der Waals surface area contributed by atoms with E-state index >= 15 is 0 Å². The van der Waals surface area contributed by atoms with Crippen molar-refractivity contribution in [3.8, 4) is 5.75 Å². The first kappa shape index (κ1) is 71.3. The molecule has 1 heterocycles. The van der Waals surface area contributed by atoms with Gasteiger partial charge in [0.05, 0.1) is 19.5 Å². The number of benzene rings is 2. The van der Waals surface area contributed by atoms with Gasteiger partial charge in [-0.05, 0) is 55.4 Å². The quantitative estimate of drug-likeness (QED) is 0.0288. The number of carboxylic acids is 5. The SMILES string of the molecule is CC[C@H](C)[C@H](NC(=O)[C@H](CCC(=O)O)NC(=O)[C@H](CCC(=O)O)NC(=O)[C@H](Cc1ccccc1)NC(=O)[C@H](CC(=O)O)NC(=O)CN)C(=O)N1CC=C[C@H]1C(=O)NCC(=O)N[C@@H](CCC(=O)O)C(=O)N[C@@H](Cc1ccc(O)cc1)C(=O)N[C@@H](C)C(=O)O. The fourth-order valence-electron chi connectivity index (χ4n) is 8.46. The van der Waals surface area contributed by atoms with Crippen LogP contribution in [0.25, 0.3) is 0 Å². The first-order valence-electron chi connectivity index (χ1n) is 27.3. The molecule has 32 nitrogen and oxygen atoms in total. The number of carbonyl (C=O) groups is 15. The first-order chi connectivity index (χ1) is 41.0. The predicted octanol–water partition coefficient (Wildman–Crippen LogP) is -3.88. The number of amides is 10. The third-order valence-corrected chi connectivity index (χ3v) is 13.4. The van der Waals surface area contributed by atoms with Gasteiger partial charge in [0.2, 0.25) is 59.1 Å². The van der Waals surface area contributed by atoms with Crippen LogP contribution in [0.1, 0.15) is 83.3 Å². The number of phenolic OH excluding ortho intramolecular Hbond substituents is 1. The molecule has 0 aromatic heterocycles. The number of hydrogen-bond donors (Lipinski definition) is 16. The Hall–Kier alpha value is -10.0. The summed E-state index contributed by atoms with van der Waals surface area (Å²) in [5.41, 5.74) is 6.16. The van der Waals surface area contributed by atoms with Crippen LogP contribution in [-0.4, -0.2) is 198 Å². The monoisotopic (exact) mass is 1220 g/mol. The lowest BCUT2D eigenvalue weighted by Gasteiger charge is -2.32.